The van der Waals surface area contributed by atoms with Crippen molar-refractivity contribution in [3.8, 4) is 0 Å². The lowest BCUT2D eigenvalue weighted by Gasteiger charge is -2.26. The summed E-state index contributed by atoms with van der Waals surface area (Å²) in [5, 5.41) is 0. The largest absolute Gasteiger partial charge is 0.466 e. The molecule has 0 saturated carbocycles. The van der Waals surface area contributed by atoms with Crippen LogP contribution < -0.4 is 0 Å². The number of esters is 1. The summed E-state index contributed by atoms with van der Waals surface area (Å²) in [5.41, 5.74) is 0. The van der Waals surface area contributed by atoms with Gasteiger partial charge in [0.05, 0.1) is 19.8 Å². The van der Waals surface area contributed by atoms with E-state index < -0.39 is 11.8 Å². The molecule has 0 bridgehead atoms. The molecule has 0 aromatic heterocycles. The predicted molar refractivity (Wildman–Crippen MR) is 82.6 cm³/mol. The predicted octanol–water partition coefficient (Wildman–Crippen LogP) is 3.64. The van der Waals surface area contributed by atoms with Crippen LogP contribution >= 0.6 is 0 Å². The molecular formula is C16H32O6. The van der Waals surface area contributed by atoms with Gasteiger partial charge in [-0.15, -0.1) is 0 Å². The molecule has 0 heterocycles. The van der Waals surface area contributed by atoms with E-state index in [1.54, 1.807) is 13.8 Å². The van der Waals surface area contributed by atoms with Crippen molar-refractivity contribution in [1.82, 2.24) is 0 Å². The molecule has 6 nitrogen and oxygen atoms in total. The molecule has 0 atom stereocenters. The van der Waals surface area contributed by atoms with E-state index in [1.807, 2.05) is 0 Å². The summed E-state index contributed by atoms with van der Waals surface area (Å²) in [4.78, 5) is 32.5. The maximum Gasteiger partial charge on any atom is 0.311 e. The summed E-state index contributed by atoms with van der Waals surface area (Å²) < 4.78 is 4.92. The van der Waals surface area contributed by atoms with Crippen LogP contribution in [-0.2, 0) is 29.1 Å². The summed E-state index contributed by atoms with van der Waals surface area (Å²) in [7, 11) is 0. The van der Waals surface area contributed by atoms with Gasteiger partial charge in [0, 0.05) is 0 Å². The molecule has 6 heteroatoms. The highest BCUT2D eigenvalue weighted by Crippen LogP contribution is 2.20. The van der Waals surface area contributed by atoms with Crippen molar-refractivity contribution in [2.75, 3.05) is 19.8 Å². The number of ether oxygens (including phenoxy) is 1. The van der Waals surface area contributed by atoms with Crippen LogP contribution in [0.15, 0.2) is 0 Å². The van der Waals surface area contributed by atoms with Gasteiger partial charge >= 0.3 is 5.97 Å². The second kappa shape index (κ2) is 11.8. The Morgan fingerprint density at radius 3 is 1.77 bits per heavy atom. The molecule has 0 saturated heterocycles. The Morgan fingerprint density at radius 2 is 1.41 bits per heavy atom. The van der Waals surface area contributed by atoms with Crippen molar-refractivity contribution < 1.29 is 29.1 Å². The molecule has 22 heavy (non-hydrogen) atoms. The number of carbonyl (C=O) groups excluding carboxylic acids is 1. The third-order valence-corrected chi connectivity index (χ3v) is 2.80. The van der Waals surface area contributed by atoms with Crippen LogP contribution in [0.5, 0.6) is 0 Å². The molecule has 132 valence electrons. The number of rotatable bonds is 13. The second-order valence-corrected chi connectivity index (χ2v) is 6.29. The van der Waals surface area contributed by atoms with Gasteiger partial charge in [-0.25, -0.2) is 9.78 Å². The van der Waals surface area contributed by atoms with Gasteiger partial charge in [0.25, 0.3) is 0 Å². The molecule has 0 aromatic rings. The Kier molecular flexibility index (Phi) is 11.5. The number of hydrogen-bond donors (Lipinski definition) is 0. The van der Waals surface area contributed by atoms with Crippen LogP contribution in [0, 0.1) is 11.8 Å². The maximum absolute atomic E-state index is 11.6. The number of carbonyl (C=O) groups is 1. The van der Waals surface area contributed by atoms with Gasteiger partial charge in [-0.05, 0) is 38.5 Å². The average Bonchev–Trinajstić information content (AvgIpc) is 2.40. The fraction of sp³-hybridized carbons (Fsp3) is 0.938. The molecule has 0 amide bonds. The van der Waals surface area contributed by atoms with Gasteiger partial charge in [-0.1, -0.05) is 27.7 Å². The van der Waals surface area contributed by atoms with Crippen molar-refractivity contribution in [1.29, 1.82) is 0 Å². The van der Waals surface area contributed by atoms with Crippen LogP contribution in [0.2, 0.25) is 0 Å². The zero-order valence-corrected chi connectivity index (χ0v) is 14.8. The monoisotopic (exact) mass is 320 g/mol. The van der Waals surface area contributed by atoms with Gasteiger partial charge in [0.1, 0.15) is 6.42 Å². The minimum absolute atomic E-state index is 0.107. The van der Waals surface area contributed by atoms with Crippen molar-refractivity contribution in [2.24, 2.45) is 11.8 Å². The van der Waals surface area contributed by atoms with E-state index in [9.17, 15) is 4.79 Å². The molecular weight excluding hydrogens is 288 g/mol. The zero-order valence-electron chi connectivity index (χ0n) is 14.8. The minimum atomic E-state index is -1.32. The lowest BCUT2D eigenvalue weighted by Crippen LogP contribution is -2.36. The highest BCUT2D eigenvalue weighted by Gasteiger charge is 2.34. The van der Waals surface area contributed by atoms with E-state index in [2.05, 4.69) is 27.7 Å². The highest BCUT2D eigenvalue weighted by atomic mass is 17.3. The summed E-state index contributed by atoms with van der Waals surface area (Å²) >= 11 is 0. The molecule has 0 aliphatic carbocycles. The molecule has 0 aliphatic rings. The normalized spacial score (nSPS) is 12.2. The number of hydrogen-bond acceptors (Lipinski definition) is 6. The lowest BCUT2D eigenvalue weighted by atomic mass is 10.1. The molecule has 0 N–H and O–H groups in total. The fourth-order valence-electron chi connectivity index (χ4n) is 1.45. The zero-order chi connectivity index (χ0) is 17.0. The third-order valence-electron chi connectivity index (χ3n) is 2.80. The van der Waals surface area contributed by atoms with Crippen molar-refractivity contribution >= 4 is 5.97 Å². The first-order valence-corrected chi connectivity index (χ1v) is 8.06. The van der Waals surface area contributed by atoms with Gasteiger partial charge in [0.2, 0.25) is 5.79 Å². The van der Waals surface area contributed by atoms with E-state index in [-0.39, 0.29) is 6.42 Å². The molecule has 0 aliphatic heterocycles. The second-order valence-electron chi connectivity index (χ2n) is 6.29. The summed E-state index contributed by atoms with van der Waals surface area (Å²) in [5.74, 6) is -0.739. The van der Waals surface area contributed by atoms with Gasteiger partial charge in [0.15, 0.2) is 0 Å². The Bertz CT molecular complexity index is 274. The van der Waals surface area contributed by atoms with Crippen LogP contribution in [0.4, 0.5) is 0 Å². The summed E-state index contributed by atoms with van der Waals surface area (Å²) in [6.45, 7) is 12.8. The minimum Gasteiger partial charge on any atom is -0.466 e. The Balaban J connectivity index is 4.30. The van der Waals surface area contributed by atoms with E-state index in [1.165, 1.54) is 0 Å². The SMILES string of the molecule is CCOC(=O)CC(C)(OOCCC(C)C)OOCCC(C)C. The van der Waals surface area contributed by atoms with E-state index in [4.69, 9.17) is 24.3 Å². The first-order valence-electron chi connectivity index (χ1n) is 8.06. The smallest absolute Gasteiger partial charge is 0.311 e. The lowest BCUT2D eigenvalue weighted by molar-refractivity contribution is -0.506. The molecule has 0 unspecified atom stereocenters. The maximum atomic E-state index is 11.6. The molecule has 0 fully saturated rings. The van der Waals surface area contributed by atoms with Crippen LogP contribution in [-0.4, -0.2) is 31.6 Å². The average molecular weight is 320 g/mol. The first-order chi connectivity index (χ1) is 10.3. The van der Waals surface area contributed by atoms with Crippen LogP contribution in [0.3, 0.4) is 0 Å². The van der Waals surface area contributed by atoms with E-state index in [0.717, 1.165) is 12.8 Å². The van der Waals surface area contributed by atoms with Gasteiger partial charge in [-0.2, -0.15) is 9.78 Å². The molecule has 0 spiro atoms. The van der Waals surface area contributed by atoms with Crippen molar-refractivity contribution in [2.45, 2.75) is 66.6 Å². The van der Waals surface area contributed by atoms with E-state index in [0.29, 0.717) is 31.7 Å². The topological polar surface area (TPSA) is 63.2 Å². The first kappa shape index (κ1) is 21.3. The third kappa shape index (κ3) is 11.9. The molecule has 0 radical (unpaired) electrons. The molecule has 0 aromatic carbocycles. The standard InChI is InChI=1S/C16H32O6/c1-7-18-15(17)12-16(6,21-19-10-8-13(2)3)22-20-11-9-14(4)5/h13-14H,7-12H2,1-6H3. The summed E-state index contributed by atoms with van der Waals surface area (Å²) in [6.07, 6.45) is 1.59. The Morgan fingerprint density at radius 1 is 0.955 bits per heavy atom. The Labute approximate surface area is 134 Å². The van der Waals surface area contributed by atoms with E-state index >= 15 is 0 Å². The van der Waals surface area contributed by atoms with Crippen LogP contribution in [0.25, 0.3) is 0 Å². The highest BCUT2D eigenvalue weighted by molar-refractivity contribution is 5.70. The molecule has 0 rings (SSSR count). The summed E-state index contributed by atoms with van der Waals surface area (Å²) in [6, 6.07) is 0. The van der Waals surface area contributed by atoms with Crippen LogP contribution in [0.1, 0.15) is 60.8 Å². The van der Waals surface area contributed by atoms with Crippen molar-refractivity contribution in [3.05, 3.63) is 0 Å². The fourth-order valence-corrected chi connectivity index (χ4v) is 1.45. The quantitative estimate of drug-likeness (QED) is 0.170. The van der Waals surface area contributed by atoms with Gasteiger partial charge < -0.3 is 4.74 Å². The van der Waals surface area contributed by atoms with Gasteiger partial charge in [-0.3, -0.25) is 4.79 Å². The van der Waals surface area contributed by atoms with Crippen molar-refractivity contribution in [3.63, 3.8) is 0 Å². The Hall–Kier alpha value is -0.690.